The summed E-state index contributed by atoms with van der Waals surface area (Å²) >= 11 is 1.72. The lowest BCUT2D eigenvalue weighted by Gasteiger charge is -2.28. The number of thiophene rings is 1. The molecule has 1 N–H and O–H groups in total. The first-order valence-electron chi connectivity index (χ1n) is 8.99. The topological polar surface area (TPSA) is 66.1 Å². The van der Waals surface area contributed by atoms with Gasteiger partial charge in [-0.3, -0.25) is 9.59 Å². The van der Waals surface area contributed by atoms with Gasteiger partial charge in [0.05, 0.1) is 18.6 Å². The summed E-state index contributed by atoms with van der Waals surface area (Å²) in [4.78, 5) is 35.8. The maximum atomic E-state index is 13.2. The quantitative estimate of drug-likeness (QED) is 0.694. The molecular formula is C21H23N3O2S. The SMILES string of the molecule is CC[C@H](C)N(Cc1ccc(C)s1)C(=O)c1cccc(-c2cc(=O)[nH]cn2)c1. The number of rotatable bonds is 6. The number of aromatic amines is 1. The van der Waals surface area contributed by atoms with Crippen LogP contribution in [0.3, 0.4) is 0 Å². The highest BCUT2D eigenvalue weighted by molar-refractivity contribution is 7.11. The van der Waals surface area contributed by atoms with Gasteiger partial charge in [-0.25, -0.2) is 4.98 Å². The molecule has 0 saturated heterocycles. The number of nitrogens with one attached hydrogen (secondary N) is 1. The molecule has 0 bridgehead atoms. The molecule has 3 aromatic rings. The van der Waals surface area contributed by atoms with Gasteiger partial charge in [-0.2, -0.15) is 0 Å². The minimum Gasteiger partial charge on any atom is -0.331 e. The van der Waals surface area contributed by atoms with Crippen LogP contribution in [0.4, 0.5) is 0 Å². The third-order valence-corrected chi connectivity index (χ3v) is 5.57. The molecule has 1 aromatic carbocycles. The van der Waals surface area contributed by atoms with Crippen molar-refractivity contribution in [3.63, 3.8) is 0 Å². The molecule has 0 unspecified atom stereocenters. The van der Waals surface area contributed by atoms with Crippen molar-refractivity contribution >= 4 is 17.2 Å². The minimum atomic E-state index is -0.217. The summed E-state index contributed by atoms with van der Waals surface area (Å²) in [6.45, 7) is 6.82. The molecule has 0 aliphatic carbocycles. The second kappa shape index (κ2) is 8.31. The molecule has 27 heavy (non-hydrogen) atoms. The third-order valence-electron chi connectivity index (χ3n) is 4.59. The Morgan fingerprint density at radius 2 is 2.07 bits per heavy atom. The lowest BCUT2D eigenvalue weighted by Crippen LogP contribution is -2.37. The Hall–Kier alpha value is -2.73. The summed E-state index contributed by atoms with van der Waals surface area (Å²) < 4.78 is 0. The summed E-state index contributed by atoms with van der Waals surface area (Å²) in [5.74, 6) is -0.0120. The number of H-pyrrole nitrogens is 1. The predicted molar refractivity (Wildman–Crippen MR) is 109 cm³/mol. The third kappa shape index (κ3) is 4.52. The maximum absolute atomic E-state index is 13.2. The van der Waals surface area contributed by atoms with E-state index in [1.807, 2.05) is 23.1 Å². The molecular weight excluding hydrogens is 358 g/mol. The Morgan fingerprint density at radius 1 is 1.26 bits per heavy atom. The van der Waals surface area contributed by atoms with Gasteiger partial charge in [0, 0.05) is 33.0 Å². The molecule has 0 fully saturated rings. The number of aromatic nitrogens is 2. The first-order chi connectivity index (χ1) is 13.0. The van der Waals surface area contributed by atoms with Crippen LogP contribution >= 0.6 is 11.3 Å². The van der Waals surface area contributed by atoms with E-state index in [0.717, 1.165) is 12.0 Å². The molecule has 6 heteroatoms. The average molecular weight is 382 g/mol. The minimum absolute atomic E-state index is 0.0120. The van der Waals surface area contributed by atoms with Crippen LogP contribution in [-0.4, -0.2) is 26.8 Å². The van der Waals surface area contributed by atoms with Crippen LogP contribution < -0.4 is 5.56 Å². The van der Waals surface area contributed by atoms with E-state index in [0.29, 0.717) is 17.8 Å². The molecule has 0 spiro atoms. The maximum Gasteiger partial charge on any atom is 0.254 e. The van der Waals surface area contributed by atoms with Crippen LogP contribution in [0.25, 0.3) is 11.3 Å². The molecule has 140 valence electrons. The van der Waals surface area contributed by atoms with Gasteiger partial charge in [0.15, 0.2) is 0 Å². The number of hydrogen-bond acceptors (Lipinski definition) is 4. The zero-order chi connectivity index (χ0) is 19.4. The summed E-state index contributed by atoms with van der Waals surface area (Å²) in [6, 6.07) is 13.0. The molecule has 3 rings (SSSR count). The Labute approximate surface area is 162 Å². The Morgan fingerprint density at radius 3 is 2.74 bits per heavy atom. The standard InChI is InChI=1S/C21H23N3O2S/c1-4-14(2)24(12-18-9-8-15(3)27-18)21(26)17-7-5-6-16(10-17)19-11-20(25)23-13-22-19/h5-11,13-14H,4,12H2,1-3H3,(H,22,23,25)/t14-/m0/s1. The Bertz CT molecular complexity index is 993. The highest BCUT2D eigenvalue weighted by atomic mass is 32.1. The monoisotopic (exact) mass is 381 g/mol. The van der Waals surface area contributed by atoms with Crippen molar-refractivity contribution in [2.24, 2.45) is 0 Å². The fourth-order valence-electron chi connectivity index (χ4n) is 2.89. The summed E-state index contributed by atoms with van der Waals surface area (Å²) in [5.41, 5.74) is 1.69. The van der Waals surface area contributed by atoms with Gasteiger partial charge in [0.2, 0.25) is 0 Å². The largest absolute Gasteiger partial charge is 0.331 e. The predicted octanol–water partition coefficient (Wildman–Crippen LogP) is 4.25. The van der Waals surface area contributed by atoms with Crippen molar-refractivity contribution in [2.45, 2.75) is 39.8 Å². The molecule has 0 saturated carbocycles. The van der Waals surface area contributed by atoms with Crippen molar-refractivity contribution in [1.29, 1.82) is 0 Å². The summed E-state index contributed by atoms with van der Waals surface area (Å²) in [5, 5.41) is 0. The normalized spacial score (nSPS) is 12.0. The molecule has 1 atom stereocenters. The fourth-order valence-corrected chi connectivity index (χ4v) is 3.78. The molecule has 0 radical (unpaired) electrons. The van der Waals surface area contributed by atoms with E-state index in [2.05, 4.69) is 42.9 Å². The molecule has 0 aliphatic heterocycles. The molecule has 1 amide bonds. The van der Waals surface area contributed by atoms with Gasteiger partial charge in [-0.1, -0.05) is 19.1 Å². The lowest BCUT2D eigenvalue weighted by atomic mass is 10.1. The fraction of sp³-hybridized carbons (Fsp3) is 0.286. The van der Waals surface area contributed by atoms with Gasteiger partial charge in [0.1, 0.15) is 0 Å². The van der Waals surface area contributed by atoms with E-state index in [9.17, 15) is 9.59 Å². The van der Waals surface area contributed by atoms with Gasteiger partial charge in [0.25, 0.3) is 11.5 Å². The van der Waals surface area contributed by atoms with Gasteiger partial charge >= 0.3 is 0 Å². The second-order valence-corrected chi connectivity index (χ2v) is 7.95. The number of benzene rings is 1. The number of amides is 1. The number of carbonyl (C=O) groups excluding carboxylic acids is 1. The zero-order valence-corrected chi connectivity index (χ0v) is 16.5. The van der Waals surface area contributed by atoms with Crippen LogP contribution in [0.15, 0.2) is 53.6 Å². The molecule has 2 heterocycles. The lowest BCUT2D eigenvalue weighted by molar-refractivity contribution is 0.0674. The summed E-state index contributed by atoms with van der Waals surface area (Å²) in [6.07, 6.45) is 2.25. The van der Waals surface area contributed by atoms with Gasteiger partial charge in [-0.15, -0.1) is 11.3 Å². The summed E-state index contributed by atoms with van der Waals surface area (Å²) in [7, 11) is 0. The van der Waals surface area contributed by atoms with Crippen molar-refractivity contribution in [3.05, 3.63) is 74.5 Å². The van der Waals surface area contributed by atoms with E-state index in [1.165, 1.54) is 22.1 Å². The first-order valence-corrected chi connectivity index (χ1v) is 9.81. The van der Waals surface area contributed by atoms with Crippen molar-refractivity contribution in [3.8, 4) is 11.3 Å². The van der Waals surface area contributed by atoms with Crippen molar-refractivity contribution in [2.75, 3.05) is 0 Å². The Balaban J connectivity index is 1.91. The molecule has 2 aromatic heterocycles. The smallest absolute Gasteiger partial charge is 0.254 e. The van der Waals surface area contributed by atoms with E-state index in [1.54, 1.807) is 17.4 Å². The van der Waals surface area contributed by atoms with Crippen molar-refractivity contribution < 1.29 is 4.79 Å². The van der Waals surface area contributed by atoms with Crippen LogP contribution in [0.5, 0.6) is 0 Å². The zero-order valence-electron chi connectivity index (χ0n) is 15.7. The highest BCUT2D eigenvalue weighted by Gasteiger charge is 2.22. The number of aryl methyl sites for hydroxylation is 1. The Kier molecular flexibility index (Phi) is 5.86. The number of nitrogens with zero attached hydrogens (tertiary/aromatic N) is 2. The average Bonchev–Trinajstić information content (AvgIpc) is 3.10. The van der Waals surface area contributed by atoms with E-state index >= 15 is 0 Å². The first kappa shape index (κ1) is 19.0. The van der Waals surface area contributed by atoms with Gasteiger partial charge in [-0.05, 0) is 44.5 Å². The van der Waals surface area contributed by atoms with E-state index in [-0.39, 0.29) is 17.5 Å². The van der Waals surface area contributed by atoms with Crippen molar-refractivity contribution in [1.82, 2.24) is 14.9 Å². The highest BCUT2D eigenvalue weighted by Crippen LogP contribution is 2.23. The second-order valence-electron chi connectivity index (χ2n) is 6.58. The number of hydrogen-bond donors (Lipinski definition) is 1. The van der Waals surface area contributed by atoms with Crippen LogP contribution in [0.2, 0.25) is 0 Å². The van der Waals surface area contributed by atoms with E-state index in [4.69, 9.17) is 0 Å². The van der Waals surface area contributed by atoms with Crippen LogP contribution in [0, 0.1) is 6.92 Å². The van der Waals surface area contributed by atoms with Gasteiger partial charge < -0.3 is 9.88 Å². The van der Waals surface area contributed by atoms with E-state index < -0.39 is 0 Å². The molecule has 0 aliphatic rings. The van der Waals surface area contributed by atoms with Crippen LogP contribution in [-0.2, 0) is 6.54 Å². The van der Waals surface area contributed by atoms with Crippen LogP contribution in [0.1, 0.15) is 40.4 Å². The number of carbonyl (C=O) groups is 1. The molecule has 5 nitrogen and oxygen atoms in total.